The Bertz CT molecular complexity index is 411. The van der Waals surface area contributed by atoms with Gasteiger partial charge in [-0.25, -0.2) is 0 Å². The Hall–Kier alpha value is -1.16. The van der Waals surface area contributed by atoms with E-state index in [1.54, 1.807) is 0 Å². The predicted octanol–water partition coefficient (Wildman–Crippen LogP) is -0.0382. The van der Waals surface area contributed by atoms with Gasteiger partial charge in [0.2, 0.25) is 0 Å². The van der Waals surface area contributed by atoms with E-state index in [1.807, 2.05) is 0 Å². The van der Waals surface area contributed by atoms with Crippen LogP contribution in [0, 0.1) is 0 Å². The monoisotopic (exact) mass is 252 g/mol. The number of benzene rings is 1. The van der Waals surface area contributed by atoms with Gasteiger partial charge in [-0.1, -0.05) is 6.07 Å². The first kappa shape index (κ1) is 11.9. The molecule has 0 amide bonds. The summed E-state index contributed by atoms with van der Waals surface area (Å²) < 4.78 is 37.8. The summed E-state index contributed by atoms with van der Waals surface area (Å²) in [6.07, 6.45) is 0. The fourth-order valence-corrected chi connectivity index (χ4v) is 1.55. The van der Waals surface area contributed by atoms with Gasteiger partial charge in [0.15, 0.2) is 5.75 Å². The molecule has 0 aliphatic heterocycles. The molecule has 0 aliphatic carbocycles. The van der Waals surface area contributed by atoms with Crippen LogP contribution in [-0.2, 0) is 26.4 Å². The second-order valence-corrected chi connectivity index (χ2v) is 3.89. The smallest absolute Gasteiger partial charge is 0.376 e. The average molecular weight is 252 g/mol. The van der Waals surface area contributed by atoms with Gasteiger partial charge in [-0.15, -0.1) is 3.63 Å². The zero-order valence-corrected chi connectivity index (χ0v) is 8.92. The van der Waals surface area contributed by atoms with Crippen molar-refractivity contribution in [2.75, 3.05) is 11.5 Å². The van der Waals surface area contributed by atoms with E-state index in [2.05, 4.69) is 7.81 Å². The third-order valence-electron chi connectivity index (χ3n) is 1.37. The lowest BCUT2D eigenvalue weighted by molar-refractivity contribution is 0.430. The molecule has 0 bridgehead atoms. The van der Waals surface area contributed by atoms with Gasteiger partial charge < -0.3 is 15.7 Å². The summed E-state index contributed by atoms with van der Waals surface area (Å²) in [5.74, 6) is 0.0128. The largest absolute Gasteiger partial charge is 0.397 e. The molecule has 0 aromatic heterocycles. The Morgan fingerprint density at radius 3 is 2.53 bits per heavy atom. The maximum absolute atomic E-state index is 10.9. The van der Waals surface area contributed by atoms with Crippen LogP contribution in [0.2, 0.25) is 0 Å². The van der Waals surface area contributed by atoms with Gasteiger partial charge in [0.25, 0.3) is 0 Å². The molecule has 2 atom stereocenters. The summed E-state index contributed by atoms with van der Waals surface area (Å²) in [6, 6.07) is 4.44. The molecule has 2 unspecified atom stereocenters. The van der Waals surface area contributed by atoms with Crippen LogP contribution < -0.4 is 15.7 Å². The van der Waals surface area contributed by atoms with Crippen molar-refractivity contribution in [1.29, 1.82) is 0 Å². The highest BCUT2D eigenvalue weighted by Crippen LogP contribution is 2.27. The van der Waals surface area contributed by atoms with Crippen molar-refractivity contribution in [3.63, 3.8) is 0 Å². The number of para-hydroxylation sites is 1. The normalized spacial score (nSPS) is 14.5. The van der Waals surface area contributed by atoms with E-state index in [1.165, 1.54) is 18.2 Å². The Kier molecular flexibility index (Phi) is 4.03. The molecule has 9 heteroatoms. The molecule has 1 aromatic rings. The second kappa shape index (κ2) is 5.07. The van der Waals surface area contributed by atoms with Gasteiger partial charge in [0, 0.05) is 0 Å². The van der Waals surface area contributed by atoms with E-state index < -0.39 is 22.7 Å². The standard InChI is InChI=1S/C6H8N2O5S2/c7-4-2-1-3-5(6(4)8)12-15(11)13-14(9)10/h1-3H,7-8H2,(H,9,10). The van der Waals surface area contributed by atoms with Crippen LogP contribution in [0.5, 0.6) is 5.75 Å². The summed E-state index contributed by atoms with van der Waals surface area (Å²) in [6.45, 7) is 0. The first-order valence-electron chi connectivity index (χ1n) is 3.54. The second-order valence-electron chi connectivity index (χ2n) is 2.33. The molecule has 1 rings (SSSR count). The topological polar surface area (TPSA) is 125 Å². The van der Waals surface area contributed by atoms with Crippen molar-refractivity contribution in [3.05, 3.63) is 18.2 Å². The minimum absolute atomic E-state index is 0.0128. The van der Waals surface area contributed by atoms with Crippen LogP contribution in [0.1, 0.15) is 0 Å². The first-order chi connectivity index (χ1) is 7.00. The SMILES string of the molecule is Nc1cccc(OS(=O)OS(=O)O)c1N. The number of hydrogen-bond donors (Lipinski definition) is 3. The fourth-order valence-electron chi connectivity index (χ4n) is 0.768. The Balaban J connectivity index is 2.77. The third kappa shape index (κ3) is 3.47. The van der Waals surface area contributed by atoms with Crippen LogP contribution >= 0.6 is 0 Å². The van der Waals surface area contributed by atoms with Gasteiger partial charge in [0.1, 0.15) is 0 Å². The van der Waals surface area contributed by atoms with E-state index in [-0.39, 0.29) is 17.1 Å². The molecular weight excluding hydrogens is 244 g/mol. The van der Waals surface area contributed by atoms with Crippen molar-refractivity contribution in [2.24, 2.45) is 0 Å². The highest BCUT2D eigenvalue weighted by atomic mass is 32.3. The van der Waals surface area contributed by atoms with Gasteiger partial charge in [0.05, 0.1) is 11.4 Å². The highest BCUT2D eigenvalue weighted by Gasteiger charge is 2.11. The van der Waals surface area contributed by atoms with Gasteiger partial charge in [-0.3, -0.25) is 4.55 Å². The van der Waals surface area contributed by atoms with E-state index in [0.717, 1.165) is 0 Å². The minimum atomic E-state index is -2.68. The van der Waals surface area contributed by atoms with Gasteiger partial charge >= 0.3 is 22.7 Å². The Labute approximate surface area is 90.7 Å². The molecule has 84 valence electrons. The molecular formula is C6H8N2O5S2. The number of nitrogen functional groups attached to an aromatic ring is 2. The Morgan fingerprint density at radius 2 is 1.93 bits per heavy atom. The quantitative estimate of drug-likeness (QED) is 0.507. The zero-order chi connectivity index (χ0) is 11.4. The van der Waals surface area contributed by atoms with Gasteiger partial charge in [-0.2, -0.15) is 8.42 Å². The lowest BCUT2D eigenvalue weighted by Crippen LogP contribution is -2.08. The maximum atomic E-state index is 10.9. The van der Waals surface area contributed by atoms with Crippen LogP contribution in [0.15, 0.2) is 18.2 Å². The van der Waals surface area contributed by atoms with E-state index >= 15 is 0 Å². The van der Waals surface area contributed by atoms with Crippen molar-refractivity contribution in [2.45, 2.75) is 0 Å². The highest BCUT2D eigenvalue weighted by molar-refractivity contribution is 7.88. The summed E-state index contributed by atoms with van der Waals surface area (Å²) in [7, 11) is 0. The summed E-state index contributed by atoms with van der Waals surface area (Å²) in [5.41, 5.74) is 11.3. The van der Waals surface area contributed by atoms with E-state index in [9.17, 15) is 8.42 Å². The number of hydrogen-bond acceptors (Lipinski definition) is 6. The summed E-state index contributed by atoms with van der Waals surface area (Å²) in [4.78, 5) is 0. The van der Waals surface area contributed by atoms with Crippen molar-refractivity contribution in [1.82, 2.24) is 0 Å². The summed E-state index contributed by atoms with van der Waals surface area (Å²) in [5, 5.41) is 0. The van der Waals surface area contributed by atoms with Crippen LogP contribution in [0.4, 0.5) is 11.4 Å². The molecule has 0 radical (unpaired) electrons. The maximum Gasteiger partial charge on any atom is 0.376 e. The molecule has 0 saturated carbocycles. The van der Waals surface area contributed by atoms with E-state index in [4.69, 9.17) is 16.0 Å². The number of anilines is 2. The van der Waals surface area contributed by atoms with Crippen LogP contribution in [0.25, 0.3) is 0 Å². The molecule has 15 heavy (non-hydrogen) atoms. The predicted molar refractivity (Wildman–Crippen MR) is 55.9 cm³/mol. The lowest BCUT2D eigenvalue weighted by Gasteiger charge is -2.06. The molecule has 1 aromatic carbocycles. The van der Waals surface area contributed by atoms with Crippen molar-refractivity contribution < 1.29 is 20.8 Å². The lowest BCUT2D eigenvalue weighted by atomic mass is 10.2. The minimum Gasteiger partial charge on any atom is -0.397 e. The van der Waals surface area contributed by atoms with Crippen molar-refractivity contribution in [3.8, 4) is 5.75 Å². The van der Waals surface area contributed by atoms with E-state index in [0.29, 0.717) is 0 Å². The van der Waals surface area contributed by atoms with Crippen molar-refractivity contribution >= 4 is 34.1 Å². The first-order valence-corrected chi connectivity index (χ1v) is 5.57. The molecule has 0 heterocycles. The fraction of sp³-hybridized carbons (Fsp3) is 0. The van der Waals surface area contributed by atoms with Crippen LogP contribution in [-0.4, -0.2) is 13.0 Å². The molecule has 7 nitrogen and oxygen atoms in total. The molecule has 0 aliphatic rings. The molecule has 0 fully saturated rings. The number of rotatable bonds is 4. The summed E-state index contributed by atoms with van der Waals surface area (Å²) >= 11 is -5.08. The van der Waals surface area contributed by atoms with Crippen LogP contribution in [0.3, 0.4) is 0 Å². The molecule has 0 spiro atoms. The zero-order valence-electron chi connectivity index (χ0n) is 7.28. The molecule has 5 N–H and O–H groups in total. The number of nitrogens with two attached hydrogens (primary N) is 2. The average Bonchev–Trinajstić information content (AvgIpc) is 2.11. The van der Waals surface area contributed by atoms with Gasteiger partial charge in [-0.05, 0) is 12.1 Å². The third-order valence-corrected chi connectivity index (χ3v) is 2.60. The molecule has 0 saturated heterocycles. The Morgan fingerprint density at radius 1 is 1.27 bits per heavy atom.